The Bertz CT molecular complexity index is 738. The van der Waals surface area contributed by atoms with Crippen molar-refractivity contribution in [3.8, 4) is 0 Å². The normalized spacial score (nSPS) is 12.0. The van der Waals surface area contributed by atoms with Gasteiger partial charge in [-0.25, -0.2) is 12.7 Å². The lowest BCUT2D eigenvalue weighted by atomic mass is 10.2. The molecule has 0 saturated carbocycles. The van der Waals surface area contributed by atoms with Crippen molar-refractivity contribution >= 4 is 21.4 Å². The molecule has 2 rings (SSSR count). The first-order chi connectivity index (χ1) is 10.9. The van der Waals surface area contributed by atoms with Crippen LogP contribution in [0, 0.1) is 0 Å². The molecule has 1 aromatic carbocycles. The van der Waals surface area contributed by atoms with Gasteiger partial charge in [-0.1, -0.05) is 24.3 Å². The van der Waals surface area contributed by atoms with E-state index in [1.165, 1.54) is 9.18 Å². The van der Waals surface area contributed by atoms with Crippen LogP contribution >= 0.6 is 11.3 Å². The summed E-state index contributed by atoms with van der Waals surface area (Å²) in [5.41, 5.74) is 0.978. The van der Waals surface area contributed by atoms with Crippen molar-refractivity contribution in [3.05, 3.63) is 64.9 Å². The first-order valence-corrected chi connectivity index (χ1v) is 9.62. The summed E-state index contributed by atoms with van der Waals surface area (Å²) >= 11 is 1.72. The van der Waals surface area contributed by atoms with Crippen molar-refractivity contribution in [2.75, 3.05) is 20.6 Å². The van der Waals surface area contributed by atoms with Gasteiger partial charge in [0, 0.05) is 38.6 Å². The van der Waals surface area contributed by atoms with Crippen LogP contribution in [0.5, 0.6) is 0 Å². The molecule has 23 heavy (non-hydrogen) atoms. The van der Waals surface area contributed by atoms with E-state index in [-0.39, 0.29) is 0 Å². The number of thiophene rings is 1. The molecule has 0 aliphatic rings. The van der Waals surface area contributed by atoms with E-state index in [0.29, 0.717) is 11.4 Å². The van der Waals surface area contributed by atoms with Gasteiger partial charge in [-0.15, -0.1) is 17.9 Å². The second-order valence-electron chi connectivity index (χ2n) is 5.47. The Balaban J connectivity index is 2.18. The number of hydrogen-bond acceptors (Lipinski definition) is 4. The van der Waals surface area contributed by atoms with E-state index >= 15 is 0 Å². The summed E-state index contributed by atoms with van der Waals surface area (Å²) in [6.45, 7) is 6.07. The predicted molar refractivity (Wildman–Crippen MR) is 95.9 cm³/mol. The van der Waals surface area contributed by atoms with Crippen molar-refractivity contribution in [3.63, 3.8) is 0 Å². The van der Waals surface area contributed by atoms with Crippen LogP contribution in [0.3, 0.4) is 0 Å². The fourth-order valence-electron chi connectivity index (χ4n) is 2.26. The predicted octanol–water partition coefficient (Wildman–Crippen LogP) is 3.19. The highest BCUT2D eigenvalue weighted by molar-refractivity contribution is 7.89. The van der Waals surface area contributed by atoms with E-state index in [4.69, 9.17) is 0 Å². The van der Waals surface area contributed by atoms with E-state index in [1.807, 2.05) is 18.2 Å². The van der Waals surface area contributed by atoms with Crippen LogP contribution in [-0.2, 0) is 23.1 Å². The zero-order valence-electron chi connectivity index (χ0n) is 13.5. The van der Waals surface area contributed by atoms with Crippen molar-refractivity contribution < 1.29 is 8.42 Å². The van der Waals surface area contributed by atoms with Gasteiger partial charge in [0.05, 0.1) is 4.90 Å². The monoisotopic (exact) mass is 350 g/mol. The highest BCUT2D eigenvalue weighted by Gasteiger charge is 2.17. The molecule has 0 saturated heterocycles. The molecule has 0 atom stereocenters. The Labute approximate surface area is 142 Å². The maximum Gasteiger partial charge on any atom is 0.242 e. The zero-order valence-corrected chi connectivity index (χ0v) is 15.1. The number of sulfonamides is 1. The van der Waals surface area contributed by atoms with E-state index < -0.39 is 10.0 Å². The molecule has 1 heterocycles. The first-order valence-electron chi connectivity index (χ1n) is 7.30. The van der Waals surface area contributed by atoms with Crippen molar-refractivity contribution in [1.82, 2.24) is 9.21 Å². The van der Waals surface area contributed by atoms with Crippen LogP contribution in [0.25, 0.3) is 0 Å². The Hall–Kier alpha value is -1.47. The zero-order chi connectivity index (χ0) is 16.9. The molecule has 2 aromatic rings. The van der Waals surface area contributed by atoms with Crippen LogP contribution in [-0.4, -0.2) is 38.3 Å². The third-order valence-corrected chi connectivity index (χ3v) is 6.10. The molecule has 1 aromatic heterocycles. The van der Waals surface area contributed by atoms with Gasteiger partial charge in [-0.05, 0) is 29.1 Å². The molecule has 0 unspecified atom stereocenters. The molecule has 6 heteroatoms. The van der Waals surface area contributed by atoms with Gasteiger partial charge in [-0.2, -0.15) is 0 Å². The second kappa shape index (κ2) is 7.88. The van der Waals surface area contributed by atoms with Gasteiger partial charge in [0.1, 0.15) is 0 Å². The van der Waals surface area contributed by atoms with Gasteiger partial charge in [0.2, 0.25) is 10.0 Å². The minimum Gasteiger partial charge on any atom is -0.290 e. The Morgan fingerprint density at radius 3 is 2.57 bits per heavy atom. The second-order valence-corrected chi connectivity index (χ2v) is 8.66. The summed E-state index contributed by atoms with van der Waals surface area (Å²) in [4.78, 5) is 3.85. The minimum absolute atomic E-state index is 0.328. The molecule has 0 radical (unpaired) electrons. The summed E-state index contributed by atoms with van der Waals surface area (Å²) in [5.74, 6) is 0. The largest absolute Gasteiger partial charge is 0.290 e. The van der Waals surface area contributed by atoms with Crippen LogP contribution in [0.15, 0.2) is 59.3 Å². The highest BCUT2D eigenvalue weighted by atomic mass is 32.2. The molecule has 0 fully saturated rings. The summed E-state index contributed by atoms with van der Waals surface area (Å²) in [5, 5.41) is 2.06. The van der Waals surface area contributed by atoms with Crippen molar-refractivity contribution in [2.45, 2.75) is 18.0 Å². The molecule has 0 aliphatic heterocycles. The third-order valence-electron chi connectivity index (χ3n) is 3.43. The van der Waals surface area contributed by atoms with E-state index in [1.54, 1.807) is 43.6 Å². The average molecular weight is 351 g/mol. The maximum absolute atomic E-state index is 12.2. The minimum atomic E-state index is -3.40. The van der Waals surface area contributed by atoms with Gasteiger partial charge in [0.25, 0.3) is 0 Å². The smallest absolute Gasteiger partial charge is 0.242 e. The van der Waals surface area contributed by atoms with Gasteiger partial charge in [0.15, 0.2) is 0 Å². The van der Waals surface area contributed by atoms with Crippen molar-refractivity contribution in [2.24, 2.45) is 0 Å². The molecule has 0 N–H and O–H groups in total. The SMILES string of the molecule is C=CCN(Cc1cccc(S(=O)(=O)N(C)C)c1)Cc1cccs1. The first kappa shape index (κ1) is 17.9. The molecule has 0 bridgehead atoms. The Morgan fingerprint density at radius 2 is 1.96 bits per heavy atom. The van der Waals surface area contributed by atoms with Gasteiger partial charge in [-0.3, -0.25) is 4.90 Å². The van der Waals surface area contributed by atoms with Crippen molar-refractivity contribution in [1.29, 1.82) is 0 Å². The topological polar surface area (TPSA) is 40.6 Å². The number of benzene rings is 1. The molecular weight excluding hydrogens is 328 g/mol. The fourth-order valence-corrected chi connectivity index (χ4v) is 3.98. The molecule has 4 nitrogen and oxygen atoms in total. The standard InChI is InChI=1S/C17H22N2O2S2/c1-4-10-19(14-16-8-6-11-22-16)13-15-7-5-9-17(12-15)23(20,21)18(2)3/h4-9,11-12H,1,10,13-14H2,2-3H3. The summed E-state index contributed by atoms with van der Waals surface area (Å²) < 4.78 is 25.7. The van der Waals surface area contributed by atoms with E-state index in [0.717, 1.165) is 18.7 Å². The van der Waals surface area contributed by atoms with Crippen LogP contribution in [0.1, 0.15) is 10.4 Å². The van der Waals surface area contributed by atoms with E-state index in [2.05, 4.69) is 22.9 Å². The number of nitrogens with zero attached hydrogens (tertiary/aromatic N) is 2. The highest BCUT2D eigenvalue weighted by Crippen LogP contribution is 2.18. The fraction of sp³-hybridized carbons (Fsp3) is 0.294. The molecule has 0 aliphatic carbocycles. The van der Waals surface area contributed by atoms with Crippen LogP contribution in [0.4, 0.5) is 0 Å². The van der Waals surface area contributed by atoms with Gasteiger partial charge >= 0.3 is 0 Å². The lowest BCUT2D eigenvalue weighted by Gasteiger charge is -2.20. The molecular formula is C17H22N2O2S2. The third kappa shape index (κ3) is 4.75. The summed E-state index contributed by atoms with van der Waals surface area (Å²) in [7, 11) is -0.312. The maximum atomic E-state index is 12.2. The number of rotatable bonds is 8. The Morgan fingerprint density at radius 1 is 1.17 bits per heavy atom. The molecule has 0 amide bonds. The lowest BCUT2D eigenvalue weighted by molar-refractivity contribution is 0.288. The summed E-state index contributed by atoms with van der Waals surface area (Å²) in [6, 6.07) is 11.3. The van der Waals surface area contributed by atoms with Crippen LogP contribution in [0.2, 0.25) is 0 Å². The van der Waals surface area contributed by atoms with Crippen LogP contribution < -0.4 is 0 Å². The summed E-state index contributed by atoms with van der Waals surface area (Å²) in [6.07, 6.45) is 1.87. The quantitative estimate of drug-likeness (QED) is 0.687. The average Bonchev–Trinajstić information content (AvgIpc) is 3.00. The van der Waals surface area contributed by atoms with Gasteiger partial charge < -0.3 is 0 Å². The molecule has 0 spiro atoms. The lowest BCUT2D eigenvalue weighted by Crippen LogP contribution is -2.24. The number of hydrogen-bond donors (Lipinski definition) is 0. The molecule has 124 valence electrons. The Kier molecular flexibility index (Phi) is 6.12. The van der Waals surface area contributed by atoms with E-state index in [9.17, 15) is 8.42 Å².